The predicted octanol–water partition coefficient (Wildman–Crippen LogP) is 3.43. The minimum atomic E-state index is -0.586. The van der Waals surface area contributed by atoms with Crippen molar-refractivity contribution in [2.24, 2.45) is 0 Å². The largest absolute Gasteiger partial charge is 0.378 e. The van der Waals surface area contributed by atoms with Gasteiger partial charge in [0.25, 0.3) is 11.6 Å². The van der Waals surface area contributed by atoms with Gasteiger partial charge in [-0.15, -0.1) is 10.2 Å². The molecule has 37 heavy (non-hydrogen) atoms. The molecule has 1 aromatic heterocycles. The van der Waals surface area contributed by atoms with Crippen LogP contribution in [-0.2, 0) is 4.74 Å². The Morgan fingerprint density at radius 3 is 2.49 bits per heavy atom. The number of rotatable bonds is 5. The third-order valence-electron chi connectivity index (χ3n) is 5.71. The summed E-state index contributed by atoms with van der Waals surface area (Å²) < 4.78 is 18.5. The molecule has 1 aliphatic rings. The third-order valence-corrected chi connectivity index (χ3v) is 5.91. The Balaban J connectivity index is 1.28. The van der Waals surface area contributed by atoms with Crippen molar-refractivity contribution < 1.29 is 18.8 Å². The van der Waals surface area contributed by atoms with Gasteiger partial charge in [0.05, 0.1) is 23.8 Å². The summed E-state index contributed by atoms with van der Waals surface area (Å²) in [5.74, 6) is -0.942. The molecule has 1 amide bonds. The van der Waals surface area contributed by atoms with Gasteiger partial charge in [-0.3, -0.25) is 20.2 Å². The van der Waals surface area contributed by atoms with Crippen molar-refractivity contribution in [1.82, 2.24) is 20.3 Å². The summed E-state index contributed by atoms with van der Waals surface area (Å²) in [6.07, 6.45) is 0. The first kappa shape index (κ1) is 24.2. The van der Waals surface area contributed by atoms with Crippen molar-refractivity contribution in [3.8, 4) is 5.69 Å². The number of fused-ring (bicyclic) bond motifs is 1. The molecule has 0 spiro atoms. The molecule has 0 radical (unpaired) electrons. The van der Waals surface area contributed by atoms with E-state index in [9.17, 15) is 19.3 Å². The van der Waals surface area contributed by atoms with E-state index in [2.05, 4.69) is 20.8 Å². The summed E-state index contributed by atoms with van der Waals surface area (Å²) in [7, 11) is 0. The van der Waals surface area contributed by atoms with Crippen LogP contribution in [0.5, 0.6) is 0 Å². The number of thiocarbonyl (C=S) groups is 1. The Morgan fingerprint density at radius 2 is 1.76 bits per heavy atom. The number of carbonyl (C=O) groups excluding carboxylic acids is 1. The molecule has 1 saturated heterocycles. The van der Waals surface area contributed by atoms with Gasteiger partial charge in [-0.05, 0) is 66.8 Å². The molecule has 0 saturated carbocycles. The van der Waals surface area contributed by atoms with Crippen LogP contribution >= 0.6 is 12.2 Å². The summed E-state index contributed by atoms with van der Waals surface area (Å²) in [5, 5.41) is 25.9. The SMILES string of the molecule is O=C(NC(=S)Nc1ccc2nn(-c3ccc(F)cc3)nc2c1)c1ccc(N2CCOCC2)c([N+](=O)[O-])c1. The number of amides is 1. The number of aromatic nitrogens is 3. The van der Waals surface area contributed by atoms with E-state index in [4.69, 9.17) is 17.0 Å². The van der Waals surface area contributed by atoms with Crippen LogP contribution in [-0.4, -0.2) is 57.2 Å². The average molecular weight is 522 g/mol. The quantitative estimate of drug-likeness (QED) is 0.231. The predicted molar refractivity (Wildman–Crippen MR) is 139 cm³/mol. The zero-order valence-corrected chi connectivity index (χ0v) is 20.1. The molecule has 2 N–H and O–H groups in total. The molecule has 188 valence electrons. The van der Waals surface area contributed by atoms with E-state index in [-0.39, 0.29) is 22.2 Å². The van der Waals surface area contributed by atoms with Crippen LogP contribution in [0.1, 0.15) is 10.4 Å². The number of ether oxygens (including phenoxy) is 1. The van der Waals surface area contributed by atoms with Crippen molar-refractivity contribution in [1.29, 1.82) is 0 Å². The van der Waals surface area contributed by atoms with Crippen LogP contribution < -0.4 is 15.5 Å². The molecule has 2 heterocycles. The number of anilines is 2. The van der Waals surface area contributed by atoms with E-state index < -0.39 is 10.8 Å². The van der Waals surface area contributed by atoms with Crippen molar-refractivity contribution in [3.05, 3.63) is 82.2 Å². The van der Waals surface area contributed by atoms with E-state index in [1.165, 1.54) is 29.1 Å². The molecule has 13 heteroatoms. The lowest BCUT2D eigenvalue weighted by Gasteiger charge is -2.28. The van der Waals surface area contributed by atoms with E-state index in [0.717, 1.165) is 0 Å². The topological polar surface area (TPSA) is 127 Å². The van der Waals surface area contributed by atoms with Crippen LogP contribution in [0.15, 0.2) is 60.7 Å². The first-order valence-electron chi connectivity index (χ1n) is 11.2. The number of nitrogens with zero attached hydrogens (tertiary/aromatic N) is 5. The second-order valence-electron chi connectivity index (χ2n) is 8.14. The molecular formula is C24H20FN7O4S. The molecular weight excluding hydrogens is 501 g/mol. The van der Waals surface area contributed by atoms with Crippen LogP contribution in [0, 0.1) is 15.9 Å². The summed E-state index contributed by atoms with van der Waals surface area (Å²) in [5.41, 5.74) is 2.69. The second kappa shape index (κ2) is 10.2. The standard InChI is InChI=1S/C24H20FN7O4S/c25-16-2-5-18(6-3-16)31-28-19-7-4-17(14-20(19)29-31)26-24(37)27-23(33)15-1-8-21(22(13-15)32(34)35)30-9-11-36-12-10-30/h1-8,13-14H,9-12H2,(H2,26,27,33,37). The molecule has 5 rings (SSSR count). The number of nitrogens with one attached hydrogen (secondary N) is 2. The normalized spacial score (nSPS) is 13.4. The van der Waals surface area contributed by atoms with Gasteiger partial charge in [0.1, 0.15) is 22.5 Å². The van der Waals surface area contributed by atoms with Crippen LogP contribution in [0.4, 0.5) is 21.5 Å². The van der Waals surface area contributed by atoms with Gasteiger partial charge in [0.2, 0.25) is 0 Å². The van der Waals surface area contributed by atoms with Gasteiger partial charge in [-0.2, -0.15) is 4.80 Å². The number of nitro groups is 1. The number of halogens is 1. The first-order valence-corrected chi connectivity index (χ1v) is 11.6. The Hall–Kier alpha value is -4.49. The third kappa shape index (κ3) is 5.37. The maximum Gasteiger partial charge on any atom is 0.293 e. The minimum absolute atomic E-state index is 0.00943. The Bertz CT molecular complexity index is 1500. The Morgan fingerprint density at radius 1 is 1.03 bits per heavy atom. The molecule has 0 bridgehead atoms. The maximum atomic E-state index is 13.2. The lowest BCUT2D eigenvalue weighted by molar-refractivity contribution is -0.384. The van der Waals surface area contributed by atoms with Gasteiger partial charge in [-0.1, -0.05) is 0 Å². The van der Waals surface area contributed by atoms with Crippen molar-refractivity contribution in [2.45, 2.75) is 0 Å². The number of hydrogen-bond donors (Lipinski definition) is 2. The molecule has 1 aliphatic heterocycles. The Kier molecular flexibility index (Phi) is 6.70. The van der Waals surface area contributed by atoms with E-state index in [0.29, 0.717) is 54.4 Å². The molecule has 1 fully saturated rings. The van der Waals surface area contributed by atoms with Crippen LogP contribution in [0.2, 0.25) is 0 Å². The molecule has 11 nitrogen and oxygen atoms in total. The highest BCUT2D eigenvalue weighted by Crippen LogP contribution is 2.30. The number of hydrogen-bond acceptors (Lipinski definition) is 8. The summed E-state index contributed by atoms with van der Waals surface area (Å²) >= 11 is 5.27. The summed E-state index contributed by atoms with van der Waals surface area (Å²) in [6, 6.07) is 15.2. The van der Waals surface area contributed by atoms with Gasteiger partial charge in [-0.25, -0.2) is 4.39 Å². The van der Waals surface area contributed by atoms with Crippen molar-refractivity contribution >= 4 is 51.3 Å². The zero-order valence-electron chi connectivity index (χ0n) is 19.3. The molecule has 4 aromatic rings. The smallest absolute Gasteiger partial charge is 0.293 e. The van der Waals surface area contributed by atoms with Crippen molar-refractivity contribution in [2.75, 3.05) is 36.5 Å². The fourth-order valence-corrected chi connectivity index (χ4v) is 4.11. The average Bonchev–Trinajstić information content (AvgIpc) is 3.32. The van der Waals surface area contributed by atoms with E-state index in [1.807, 2.05) is 4.90 Å². The lowest BCUT2D eigenvalue weighted by atomic mass is 10.1. The number of morpholine rings is 1. The number of benzene rings is 3. The van der Waals surface area contributed by atoms with Gasteiger partial charge in [0, 0.05) is 30.4 Å². The summed E-state index contributed by atoms with van der Waals surface area (Å²) in [6.45, 7) is 2.02. The monoisotopic (exact) mass is 521 g/mol. The van der Waals surface area contributed by atoms with Gasteiger partial charge in [0.15, 0.2) is 5.11 Å². The fourth-order valence-electron chi connectivity index (χ4n) is 3.90. The maximum absolute atomic E-state index is 13.2. The van der Waals surface area contributed by atoms with Gasteiger partial charge >= 0.3 is 0 Å². The Labute approximate surface area is 215 Å². The fraction of sp³-hybridized carbons (Fsp3) is 0.167. The first-order chi connectivity index (χ1) is 17.9. The number of nitro benzene ring substituents is 1. The molecule has 3 aromatic carbocycles. The van der Waals surface area contributed by atoms with Gasteiger partial charge < -0.3 is 15.0 Å². The summed E-state index contributed by atoms with van der Waals surface area (Å²) in [4.78, 5) is 27.2. The van der Waals surface area contributed by atoms with E-state index >= 15 is 0 Å². The highest BCUT2D eigenvalue weighted by atomic mass is 32.1. The van der Waals surface area contributed by atoms with Crippen LogP contribution in [0.3, 0.4) is 0 Å². The highest BCUT2D eigenvalue weighted by Gasteiger charge is 2.23. The van der Waals surface area contributed by atoms with E-state index in [1.54, 1.807) is 36.4 Å². The number of carbonyl (C=O) groups is 1. The molecule has 0 unspecified atom stereocenters. The minimum Gasteiger partial charge on any atom is -0.378 e. The highest BCUT2D eigenvalue weighted by molar-refractivity contribution is 7.80. The van der Waals surface area contributed by atoms with Crippen molar-refractivity contribution in [3.63, 3.8) is 0 Å². The molecule has 0 aliphatic carbocycles. The lowest BCUT2D eigenvalue weighted by Crippen LogP contribution is -2.37. The zero-order chi connectivity index (χ0) is 25.9. The molecule has 0 atom stereocenters. The van der Waals surface area contributed by atoms with Crippen LogP contribution in [0.25, 0.3) is 16.7 Å². The second-order valence-corrected chi connectivity index (χ2v) is 8.55.